The zero-order chi connectivity index (χ0) is 15.6. The summed E-state index contributed by atoms with van der Waals surface area (Å²) in [5, 5.41) is 3.23. The van der Waals surface area contributed by atoms with Gasteiger partial charge >= 0.3 is 0 Å². The predicted molar refractivity (Wildman–Crippen MR) is 80.4 cm³/mol. The monoisotopic (exact) mass is 314 g/mol. The minimum atomic E-state index is -3.62. The van der Waals surface area contributed by atoms with Crippen molar-refractivity contribution >= 4 is 10.0 Å². The Morgan fingerprint density at radius 1 is 1.14 bits per heavy atom. The van der Waals surface area contributed by atoms with Crippen LogP contribution < -0.4 is 14.8 Å². The molecule has 1 aromatic carbocycles. The SMILES string of the molecule is COc1ccc(S(=O)(=O)N2C(C)CNCC2C)c(OC)c1. The summed E-state index contributed by atoms with van der Waals surface area (Å²) >= 11 is 0. The van der Waals surface area contributed by atoms with E-state index in [-0.39, 0.29) is 17.0 Å². The van der Waals surface area contributed by atoms with Crippen LogP contribution in [0.5, 0.6) is 11.5 Å². The highest BCUT2D eigenvalue weighted by Crippen LogP contribution is 2.32. The van der Waals surface area contributed by atoms with Gasteiger partial charge in [0.2, 0.25) is 10.0 Å². The second-order valence-electron chi connectivity index (χ2n) is 5.21. The zero-order valence-electron chi connectivity index (χ0n) is 12.8. The van der Waals surface area contributed by atoms with Gasteiger partial charge in [-0.25, -0.2) is 8.42 Å². The van der Waals surface area contributed by atoms with Gasteiger partial charge in [-0.05, 0) is 26.0 Å². The third-order valence-electron chi connectivity index (χ3n) is 3.67. The van der Waals surface area contributed by atoms with Crippen LogP contribution in [0.25, 0.3) is 0 Å². The van der Waals surface area contributed by atoms with Crippen molar-refractivity contribution in [1.29, 1.82) is 0 Å². The van der Waals surface area contributed by atoms with Crippen molar-refractivity contribution in [3.63, 3.8) is 0 Å². The van der Waals surface area contributed by atoms with E-state index >= 15 is 0 Å². The topological polar surface area (TPSA) is 67.9 Å². The fourth-order valence-electron chi connectivity index (χ4n) is 2.69. The van der Waals surface area contributed by atoms with Crippen molar-refractivity contribution < 1.29 is 17.9 Å². The second kappa shape index (κ2) is 6.21. The molecule has 2 rings (SSSR count). The van der Waals surface area contributed by atoms with Crippen LogP contribution in [0.3, 0.4) is 0 Å². The van der Waals surface area contributed by atoms with Crippen LogP contribution in [0.1, 0.15) is 13.8 Å². The summed E-state index contributed by atoms with van der Waals surface area (Å²) in [6.45, 7) is 5.08. The van der Waals surface area contributed by atoms with Crippen LogP contribution in [-0.2, 0) is 10.0 Å². The molecule has 2 unspecified atom stereocenters. The fourth-order valence-corrected chi connectivity index (χ4v) is 4.65. The minimum Gasteiger partial charge on any atom is -0.497 e. The maximum atomic E-state index is 13.0. The molecule has 7 heteroatoms. The molecule has 21 heavy (non-hydrogen) atoms. The van der Waals surface area contributed by atoms with E-state index < -0.39 is 10.0 Å². The molecule has 0 saturated carbocycles. The van der Waals surface area contributed by atoms with E-state index in [9.17, 15) is 8.42 Å². The maximum absolute atomic E-state index is 13.0. The summed E-state index contributed by atoms with van der Waals surface area (Å²) in [5.41, 5.74) is 0. The lowest BCUT2D eigenvalue weighted by molar-refractivity contribution is 0.219. The van der Waals surface area contributed by atoms with E-state index in [4.69, 9.17) is 9.47 Å². The molecule has 6 nitrogen and oxygen atoms in total. The Bertz CT molecular complexity index is 593. The molecule has 1 aromatic rings. The van der Waals surface area contributed by atoms with Crippen LogP contribution in [0.15, 0.2) is 23.1 Å². The number of sulfonamides is 1. The molecule has 1 saturated heterocycles. The van der Waals surface area contributed by atoms with Gasteiger partial charge in [-0.2, -0.15) is 4.31 Å². The van der Waals surface area contributed by atoms with E-state index in [0.29, 0.717) is 24.6 Å². The Morgan fingerprint density at radius 3 is 2.29 bits per heavy atom. The Balaban J connectivity index is 2.48. The van der Waals surface area contributed by atoms with E-state index in [1.807, 2.05) is 13.8 Å². The van der Waals surface area contributed by atoms with E-state index in [1.165, 1.54) is 20.3 Å². The largest absolute Gasteiger partial charge is 0.497 e. The lowest BCUT2D eigenvalue weighted by atomic mass is 10.2. The maximum Gasteiger partial charge on any atom is 0.247 e. The molecular formula is C14H22N2O4S. The van der Waals surface area contributed by atoms with Crippen molar-refractivity contribution in [3.05, 3.63) is 18.2 Å². The number of hydrogen-bond donors (Lipinski definition) is 1. The molecule has 1 N–H and O–H groups in total. The second-order valence-corrected chi connectivity index (χ2v) is 7.02. The summed E-state index contributed by atoms with van der Waals surface area (Å²) < 4.78 is 37.8. The Kier molecular flexibility index (Phi) is 4.75. The van der Waals surface area contributed by atoms with Crippen LogP contribution in [0.2, 0.25) is 0 Å². The molecule has 0 aromatic heterocycles. The average molecular weight is 314 g/mol. The average Bonchev–Trinajstić information content (AvgIpc) is 2.46. The molecule has 2 atom stereocenters. The van der Waals surface area contributed by atoms with Gasteiger partial charge in [0.1, 0.15) is 16.4 Å². The highest BCUT2D eigenvalue weighted by atomic mass is 32.2. The van der Waals surface area contributed by atoms with Crippen LogP contribution in [-0.4, -0.2) is 52.1 Å². The summed E-state index contributed by atoms with van der Waals surface area (Å²) in [4.78, 5) is 0.173. The number of rotatable bonds is 4. The zero-order valence-corrected chi connectivity index (χ0v) is 13.6. The van der Waals surface area contributed by atoms with E-state index in [2.05, 4.69) is 5.32 Å². The van der Waals surface area contributed by atoms with Crippen LogP contribution in [0, 0.1) is 0 Å². The molecular weight excluding hydrogens is 292 g/mol. The fraction of sp³-hybridized carbons (Fsp3) is 0.571. The van der Waals surface area contributed by atoms with Crippen molar-refractivity contribution in [2.24, 2.45) is 0 Å². The van der Waals surface area contributed by atoms with Gasteiger partial charge in [-0.15, -0.1) is 0 Å². The summed E-state index contributed by atoms with van der Waals surface area (Å²) in [5.74, 6) is 0.861. The Morgan fingerprint density at radius 2 is 1.76 bits per heavy atom. The smallest absolute Gasteiger partial charge is 0.247 e. The van der Waals surface area contributed by atoms with Gasteiger partial charge in [-0.1, -0.05) is 0 Å². The summed E-state index contributed by atoms with van der Waals surface area (Å²) in [6, 6.07) is 4.54. The normalized spacial score (nSPS) is 23.8. The molecule has 118 valence electrons. The quantitative estimate of drug-likeness (QED) is 0.900. The van der Waals surface area contributed by atoms with E-state index in [1.54, 1.807) is 16.4 Å². The van der Waals surface area contributed by atoms with Crippen molar-refractivity contribution in [3.8, 4) is 11.5 Å². The number of piperazine rings is 1. The summed E-state index contributed by atoms with van der Waals surface area (Å²) in [7, 11) is -0.627. The molecule has 1 fully saturated rings. The summed E-state index contributed by atoms with van der Waals surface area (Å²) in [6.07, 6.45) is 0. The first-order valence-corrected chi connectivity index (χ1v) is 8.32. The van der Waals surface area contributed by atoms with Gasteiger partial charge in [0.25, 0.3) is 0 Å². The van der Waals surface area contributed by atoms with Gasteiger partial charge in [0, 0.05) is 31.2 Å². The standard InChI is InChI=1S/C14H22N2O4S/c1-10-8-15-9-11(2)16(10)21(17,18)14-6-5-12(19-3)7-13(14)20-4/h5-7,10-11,15H,8-9H2,1-4H3. The first-order chi connectivity index (χ1) is 9.91. The number of methoxy groups -OCH3 is 2. The van der Waals surface area contributed by atoms with Crippen LogP contribution >= 0.6 is 0 Å². The number of ether oxygens (including phenoxy) is 2. The van der Waals surface area contributed by atoms with Crippen LogP contribution in [0.4, 0.5) is 0 Å². The third kappa shape index (κ3) is 3.00. The highest BCUT2D eigenvalue weighted by Gasteiger charge is 2.37. The molecule has 1 heterocycles. The van der Waals surface area contributed by atoms with Gasteiger partial charge in [0.15, 0.2) is 0 Å². The lowest BCUT2D eigenvalue weighted by Crippen LogP contribution is -2.57. The molecule has 0 radical (unpaired) electrons. The van der Waals surface area contributed by atoms with Gasteiger partial charge in [0.05, 0.1) is 14.2 Å². The molecule has 0 amide bonds. The lowest BCUT2D eigenvalue weighted by Gasteiger charge is -2.38. The Labute approximate surface area is 126 Å². The number of benzene rings is 1. The predicted octanol–water partition coefficient (Wildman–Crippen LogP) is 1.07. The highest BCUT2D eigenvalue weighted by molar-refractivity contribution is 7.89. The van der Waals surface area contributed by atoms with Gasteiger partial charge < -0.3 is 14.8 Å². The van der Waals surface area contributed by atoms with Crippen molar-refractivity contribution in [1.82, 2.24) is 9.62 Å². The van der Waals surface area contributed by atoms with Gasteiger partial charge in [-0.3, -0.25) is 0 Å². The molecule has 1 aliphatic heterocycles. The number of hydrogen-bond acceptors (Lipinski definition) is 5. The molecule has 0 spiro atoms. The van der Waals surface area contributed by atoms with E-state index in [0.717, 1.165) is 0 Å². The number of nitrogens with zero attached hydrogens (tertiary/aromatic N) is 1. The molecule has 0 bridgehead atoms. The molecule has 0 aliphatic carbocycles. The first kappa shape index (κ1) is 16.1. The minimum absolute atomic E-state index is 0.106. The first-order valence-electron chi connectivity index (χ1n) is 6.88. The Hall–Kier alpha value is -1.31. The third-order valence-corrected chi connectivity index (χ3v) is 5.84. The van der Waals surface area contributed by atoms with Crippen molar-refractivity contribution in [2.45, 2.75) is 30.8 Å². The number of nitrogens with one attached hydrogen (secondary N) is 1. The van der Waals surface area contributed by atoms with Crippen molar-refractivity contribution in [2.75, 3.05) is 27.3 Å². The molecule has 1 aliphatic rings.